The van der Waals surface area contributed by atoms with Gasteiger partial charge in [-0.25, -0.2) is 4.79 Å². The number of hydrogen-bond donors (Lipinski definition) is 3. The highest BCUT2D eigenvalue weighted by Gasteiger charge is 2.44. The molecule has 24 heavy (non-hydrogen) atoms. The standard InChI is InChI=1S/C15H22N2O6S/c1-8(2)3-4-11(19)23-7-9-12(20)13(21)14(24-9)17-6-5-10(18)16-15(17)22/h5-6,8-9,12-14,20-21H,3-4,7H2,1-2H3,(H,16,18,22). The maximum atomic E-state index is 11.8. The number of nitrogens with zero attached hydrogens (tertiary/aromatic N) is 1. The number of H-pyrrole nitrogens is 1. The van der Waals surface area contributed by atoms with Gasteiger partial charge in [-0.2, -0.15) is 0 Å². The third-order valence-electron chi connectivity index (χ3n) is 3.80. The lowest BCUT2D eigenvalue weighted by Gasteiger charge is -2.17. The molecule has 1 aromatic rings. The van der Waals surface area contributed by atoms with Gasteiger partial charge in [-0.15, -0.1) is 11.8 Å². The zero-order valence-electron chi connectivity index (χ0n) is 13.5. The number of carbonyl (C=O) groups excluding carboxylic acids is 1. The average molecular weight is 358 g/mol. The van der Waals surface area contributed by atoms with E-state index in [-0.39, 0.29) is 12.6 Å². The van der Waals surface area contributed by atoms with Crippen LogP contribution in [0.15, 0.2) is 21.9 Å². The molecule has 9 heteroatoms. The van der Waals surface area contributed by atoms with E-state index < -0.39 is 34.1 Å². The highest BCUT2D eigenvalue weighted by Crippen LogP contribution is 2.41. The summed E-state index contributed by atoms with van der Waals surface area (Å²) < 4.78 is 6.31. The lowest BCUT2D eigenvalue weighted by Crippen LogP contribution is -2.37. The van der Waals surface area contributed by atoms with E-state index in [1.54, 1.807) is 0 Å². The van der Waals surface area contributed by atoms with Gasteiger partial charge in [0, 0.05) is 18.7 Å². The van der Waals surface area contributed by atoms with Gasteiger partial charge in [-0.05, 0) is 12.3 Å². The number of nitrogens with one attached hydrogen (secondary N) is 1. The summed E-state index contributed by atoms with van der Waals surface area (Å²) in [4.78, 5) is 36.7. The summed E-state index contributed by atoms with van der Waals surface area (Å²) in [7, 11) is 0. The van der Waals surface area contributed by atoms with Crippen molar-refractivity contribution in [3.8, 4) is 0 Å². The summed E-state index contributed by atoms with van der Waals surface area (Å²) in [6.07, 6.45) is -0.0609. The first kappa shape index (κ1) is 18.8. The van der Waals surface area contributed by atoms with Crippen LogP contribution in [-0.4, -0.2) is 49.8 Å². The average Bonchev–Trinajstić information content (AvgIpc) is 2.79. The number of rotatable bonds is 6. The zero-order valence-corrected chi connectivity index (χ0v) is 14.4. The normalized spacial score (nSPS) is 26.7. The minimum Gasteiger partial charge on any atom is -0.464 e. The van der Waals surface area contributed by atoms with Crippen molar-refractivity contribution >= 4 is 17.7 Å². The minimum atomic E-state index is -1.21. The quantitative estimate of drug-likeness (QED) is 0.605. The van der Waals surface area contributed by atoms with Crippen molar-refractivity contribution in [2.75, 3.05) is 6.61 Å². The van der Waals surface area contributed by atoms with Gasteiger partial charge in [0.1, 0.15) is 18.1 Å². The second-order valence-corrected chi connectivity index (χ2v) is 7.54. The Kier molecular flexibility index (Phi) is 6.25. The number of aliphatic hydroxyl groups is 2. The molecule has 4 unspecified atom stereocenters. The van der Waals surface area contributed by atoms with Crippen LogP contribution >= 0.6 is 11.8 Å². The van der Waals surface area contributed by atoms with Crippen molar-refractivity contribution in [2.45, 2.75) is 49.5 Å². The van der Waals surface area contributed by atoms with Crippen molar-refractivity contribution < 1.29 is 19.7 Å². The van der Waals surface area contributed by atoms with Crippen molar-refractivity contribution in [3.05, 3.63) is 33.1 Å². The van der Waals surface area contributed by atoms with Gasteiger partial charge in [-0.3, -0.25) is 19.1 Å². The van der Waals surface area contributed by atoms with Crippen molar-refractivity contribution in [2.24, 2.45) is 5.92 Å². The van der Waals surface area contributed by atoms with Gasteiger partial charge in [-0.1, -0.05) is 13.8 Å². The van der Waals surface area contributed by atoms with Gasteiger partial charge >= 0.3 is 11.7 Å². The van der Waals surface area contributed by atoms with Crippen molar-refractivity contribution in [3.63, 3.8) is 0 Å². The third kappa shape index (κ3) is 4.49. The van der Waals surface area contributed by atoms with E-state index >= 15 is 0 Å². The molecule has 0 aliphatic carbocycles. The fourth-order valence-corrected chi connectivity index (χ4v) is 3.82. The van der Waals surface area contributed by atoms with Crippen molar-refractivity contribution in [1.29, 1.82) is 0 Å². The first-order valence-corrected chi connectivity index (χ1v) is 8.72. The number of esters is 1. The minimum absolute atomic E-state index is 0.0472. The Morgan fingerprint density at radius 2 is 2.08 bits per heavy atom. The first-order valence-electron chi connectivity index (χ1n) is 7.78. The largest absolute Gasteiger partial charge is 0.464 e. The molecule has 0 bridgehead atoms. The number of carbonyl (C=O) groups is 1. The van der Waals surface area contributed by atoms with Crippen LogP contribution in [0.2, 0.25) is 0 Å². The van der Waals surface area contributed by atoms with E-state index in [4.69, 9.17) is 4.74 Å². The zero-order chi connectivity index (χ0) is 17.9. The number of aromatic amines is 1. The van der Waals surface area contributed by atoms with Crippen LogP contribution in [0.5, 0.6) is 0 Å². The molecule has 2 rings (SSSR count). The Hall–Kier alpha value is -1.58. The van der Waals surface area contributed by atoms with Gasteiger partial charge in [0.25, 0.3) is 5.56 Å². The van der Waals surface area contributed by atoms with Crippen LogP contribution in [0.25, 0.3) is 0 Å². The van der Waals surface area contributed by atoms with Gasteiger partial charge in [0.15, 0.2) is 0 Å². The molecule has 1 aromatic heterocycles. The maximum absolute atomic E-state index is 11.8. The maximum Gasteiger partial charge on any atom is 0.329 e. The third-order valence-corrected chi connectivity index (χ3v) is 5.35. The Bertz CT molecular complexity index is 685. The Morgan fingerprint density at radius 3 is 2.71 bits per heavy atom. The Balaban J connectivity index is 1.98. The molecule has 0 aromatic carbocycles. The predicted octanol–water partition coefficient (Wildman–Crippen LogP) is -0.148. The molecule has 0 amide bonds. The monoisotopic (exact) mass is 358 g/mol. The number of ether oxygens (including phenoxy) is 1. The Labute approximate surface area is 142 Å². The molecule has 1 saturated heterocycles. The highest BCUT2D eigenvalue weighted by molar-refractivity contribution is 8.00. The molecule has 3 N–H and O–H groups in total. The molecule has 1 aliphatic heterocycles. The molecular formula is C15H22N2O6S. The summed E-state index contributed by atoms with van der Waals surface area (Å²) in [5.41, 5.74) is -1.20. The van der Waals surface area contributed by atoms with Crippen LogP contribution in [0.4, 0.5) is 0 Å². The van der Waals surface area contributed by atoms with E-state index in [0.29, 0.717) is 12.3 Å². The number of thioether (sulfide) groups is 1. The molecule has 1 fully saturated rings. The predicted molar refractivity (Wildman–Crippen MR) is 88.8 cm³/mol. The van der Waals surface area contributed by atoms with E-state index in [9.17, 15) is 24.6 Å². The number of aliphatic hydroxyl groups excluding tert-OH is 2. The molecule has 134 valence electrons. The summed E-state index contributed by atoms with van der Waals surface area (Å²) in [6, 6.07) is 1.17. The fourth-order valence-electron chi connectivity index (χ4n) is 2.38. The molecule has 2 heterocycles. The summed E-state index contributed by atoms with van der Waals surface area (Å²) >= 11 is 1.13. The fraction of sp³-hybridized carbons (Fsp3) is 0.667. The van der Waals surface area contributed by atoms with Crippen LogP contribution in [0.3, 0.4) is 0 Å². The van der Waals surface area contributed by atoms with E-state index in [2.05, 4.69) is 4.98 Å². The highest BCUT2D eigenvalue weighted by atomic mass is 32.2. The SMILES string of the molecule is CC(C)CCC(=O)OCC1SC(n2ccc(=O)[nH]c2=O)C(O)C1O. The molecule has 0 spiro atoms. The lowest BCUT2D eigenvalue weighted by atomic mass is 10.1. The second-order valence-electron chi connectivity index (χ2n) is 6.18. The van der Waals surface area contributed by atoms with E-state index in [1.165, 1.54) is 12.3 Å². The molecule has 0 saturated carbocycles. The molecule has 1 aliphatic rings. The lowest BCUT2D eigenvalue weighted by molar-refractivity contribution is -0.144. The number of aromatic nitrogens is 2. The van der Waals surface area contributed by atoms with Crippen molar-refractivity contribution in [1.82, 2.24) is 9.55 Å². The smallest absolute Gasteiger partial charge is 0.329 e. The molecule has 0 radical (unpaired) electrons. The first-order chi connectivity index (χ1) is 11.3. The second kappa shape index (κ2) is 8.00. The Morgan fingerprint density at radius 1 is 1.38 bits per heavy atom. The van der Waals surface area contributed by atoms with E-state index in [1.807, 2.05) is 13.8 Å². The van der Waals surface area contributed by atoms with E-state index in [0.717, 1.165) is 22.7 Å². The number of hydrogen-bond acceptors (Lipinski definition) is 7. The van der Waals surface area contributed by atoms with Crippen LogP contribution in [0, 0.1) is 5.92 Å². The van der Waals surface area contributed by atoms with Gasteiger partial charge in [0.05, 0.1) is 11.4 Å². The topological polar surface area (TPSA) is 122 Å². The summed E-state index contributed by atoms with van der Waals surface area (Å²) in [5, 5.41) is 19.0. The molecule has 8 nitrogen and oxygen atoms in total. The van der Waals surface area contributed by atoms with Gasteiger partial charge < -0.3 is 14.9 Å². The molecular weight excluding hydrogens is 336 g/mol. The van der Waals surface area contributed by atoms with Crippen LogP contribution in [-0.2, 0) is 9.53 Å². The van der Waals surface area contributed by atoms with Crippen LogP contribution < -0.4 is 11.2 Å². The molecule has 4 atom stereocenters. The summed E-state index contributed by atoms with van der Waals surface area (Å²) in [5.74, 6) is 0.0398. The van der Waals surface area contributed by atoms with Crippen LogP contribution in [0.1, 0.15) is 32.1 Å². The summed E-state index contributed by atoms with van der Waals surface area (Å²) in [6.45, 7) is 3.97. The van der Waals surface area contributed by atoms with Gasteiger partial charge in [0.2, 0.25) is 0 Å².